The average Bonchev–Trinajstić information content (AvgIpc) is 2.35. The van der Waals surface area contributed by atoms with E-state index < -0.39 is 0 Å². The van der Waals surface area contributed by atoms with E-state index in [1.54, 1.807) is 6.92 Å². The Hall–Kier alpha value is -1.32. The standard InChI is InChI=1S/C14H24N2O2/c1-11(2)14(18)15-10-6-9-13(17)16-12-7-4-3-5-8-12/h12H,1,3-10H2,2H3,(H,15,18)(H,16,17). The predicted molar refractivity (Wildman–Crippen MR) is 72.1 cm³/mol. The molecule has 1 fully saturated rings. The minimum Gasteiger partial charge on any atom is -0.353 e. The highest BCUT2D eigenvalue weighted by atomic mass is 16.2. The molecule has 2 N–H and O–H groups in total. The molecule has 0 spiro atoms. The van der Waals surface area contributed by atoms with E-state index >= 15 is 0 Å². The number of nitrogens with one attached hydrogen (secondary N) is 2. The van der Waals surface area contributed by atoms with Gasteiger partial charge in [-0.05, 0) is 26.2 Å². The van der Waals surface area contributed by atoms with Crippen LogP contribution < -0.4 is 10.6 Å². The first-order chi connectivity index (χ1) is 8.59. The van der Waals surface area contributed by atoms with Gasteiger partial charge in [0.05, 0.1) is 0 Å². The molecule has 18 heavy (non-hydrogen) atoms. The third kappa shape index (κ3) is 5.84. The van der Waals surface area contributed by atoms with Crippen molar-refractivity contribution in [2.75, 3.05) is 6.54 Å². The Kier molecular flexibility index (Phi) is 6.47. The molecule has 2 amide bonds. The van der Waals surface area contributed by atoms with E-state index in [1.807, 2.05) is 0 Å². The summed E-state index contributed by atoms with van der Waals surface area (Å²) in [5.41, 5.74) is 0.502. The maximum atomic E-state index is 11.6. The van der Waals surface area contributed by atoms with Crippen molar-refractivity contribution in [3.05, 3.63) is 12.2 Å². The molecule has 102 valence electrons. The molecule has 4 heteroatoms. The average molecular weight is 252 g/mol. The molecule has 0 heterocycles. The highest BCUT2D eigenvalue weighted by molar-refractivity contribution is 5.92. The molecule has 0 saturated heterocycles. The van der Waals surface area contributed by atoms with Crippen LogP contribution in [0.25, 0.3) is 0 Å². The fourth-order valence-corrected chi connectivity index (χ4v) is 2.15. The summed E-state index contributed by atoms with van der Waals surface area (Å²) in [5, 5.41) is 5.78. The Morgan fingerprint density at radius 2 is 1.89 bits per heavy atom. The fourth-order valence-electron chi connectivity index (χ4n) is 2.15. The van der Waals surface area contributed by atoms with Crippen molar-refractivity contribution in [2.45, 2.75) is 57.9 Å². The van der Waals surface area contributed by atoms with Gasteiger partial charge in [0.15, 0.2) is 0 Å². The topological polar surface area (TPSA) is 58.2 Å². The zero-order valence-corrected chi connectivity index (χ0v) is 11.3. The molecule has 0 aromatic rings. The smallest absolute Gasteiger partial charge is 0.246 e. The summed E-state index contributed by atoms with van der Waals surface area (Å²) in [6.45, 7) is 5.76. The Morgan fingerprint density at radius 1 is 1.22 bits per heavy atom. The fraction of sp³-hybridized carbons (Fsp3) is 0.714. The van der Waals surface area contributed by atoms with Gasteiger partial charge in [0, 0.05) is 24.6 Å². The zero-order valence-electron chi connectivity index (χ0n) is 11.3. The van der Waals surface area contributed by atoms with Crippen LogP contribution in [-0.4, -0.2) is 24.4 Å². The van der Waals surface area contributed by atoms with Crippen molar-refractivity contribution < 1.29 is 9.59 Å². The molecule has 0 radical (unpaired) electrons. The van der Waals surface area contributed by atoms with Crippen molar-refractivity contribution in [2.24, 2.45) is 0 Å². The second kappa shape index (κ2) is 7.90. The van der Waals surface area contributed by atoms with E-state index in [-0.39, 0.29) is 11.8 Å². The second-order valence-electron chi connectivity index (χ2n) is 5.04. The van der Waals surface area contributed by atoms with E-state index in [2.05, 4.69) is 17.2 Å². The van der Waals surface area contributed by atoms with Gasteiger partial charge in [-0.2, -0.15) is 0 Å². The lowest BCUT2D eigenvalue weighted by atomic mass is 9.95. The summed E-state index contributed by atoms with van der Waals surface area (Å²) >= 11 is 0. The highest BCUT2D eigenvalue weighted by Gasteiger charge is 2.15. The Morgan fingerprint density at radius 3 is 2.50 bits per heavy atom. The molecule has 0 aromatic heterocycles. The maximum Gasteiger partial charge on any atom is 0.246 e. The van der Waals surface area contributed by atoms with Crippen LogP contribution in [0.15, 0.2) is 12.2 Å². The predicted octanol–water partition coefficient (Wildman–Crippen LogP) is 1.91. The van der Waals surface area contributed by atoms with Gasteiger partial charge < -0.3 is 10.6 Å². The molecule has 1 aliphatic rings. The molecular formula is C14H24N2O2. The lowest BCUT2D eigenvalue weighted by Gasteiger charge is -2.22. The van der Waals surface area contributed by atoms with Crippen molar-refractivity contribution in [3.8, 4) is 0 Å². The van der Waals surface area contributed by atoms with Crippen LogP contribution in [-0.2, 0) is 9.59 Å². The van der Waals surface area contributed by atoms with E-state index in [0.717, 1.165) is 12.8 Å². The van der Waals surface area contributed by atoms with E-state index in [0.29, 0.717) is 31.0 Å². The third-order valence-electron chi connectivity index (χ3n) is 3.22. The molecule has 1 saturated carbocycles. The maximum absolute atomic E-state index is 11.6. The quantitative estimate of drug-likeness (QED) is 0.560. The van der Waals surface area contributed by atoms with Crippen LogP contribution in [0.5, 0.6) is 0 Å². The first kappa shape index (κ1) is 14.7. The second-order valence-corrected chi connectivity index (χ2v) is 5.04. The Bertz CT molecular complexity index is 307. The summed E-state index contributed by atoms with van der Waals surface area (Å²) in [6, 6.07) is 0.372. The lowest BCUT2D eigenvalue weighted by molar-refractivity contribution is -0.122. The van der Waals surface area contributed by atoms with Gasteiger partial charge in [0.25, 0.3) is 0 Å². The Balaban J connectivity index is 2.06. The summed E-state index contributed by atoms with van der Waals surface area (Å²) in [5.74, 6) is -0.0332. The zero-order chi connectivity index (χ0) is 13.4. The van der Waals surface area contributed by atoms with Crippen LogP contribution in [0, 0.1) is 0 Å². The number of hydrogen-bond donors (Lipinski definition) is 2. The molecule has 0 unspecified atom stereocenters. The monoisotopic (exact) mass is 252 g/mol. The van der Waals surface area contributed by atoms with Crippen LogP contribution >= 0.6 is 0 Å². The molecule has 0 atom stereocenters. The third-order valence-corrected chi connectivity index (χ3v) is 3.22. The van der Waals surface area contributed by atoms with Crippen LogP contribution in [0.2, 0.25) is 0 Å². The summed E-state index contributed by atoms with van der Waals surface area (Å²) in [6.07, 6.45) is 7.11. The normalized spacial score (nSPS) is 16.1. The number of rotatable bonds is 6. The molecule has 0 aliphatic heterocycles. The number of hydrogen-bond acceptors (Lipinski definition) is 2. The van der Waals surface area contributed by atoms with Crippen molar-refractivity contribution in [1.29, 1.82) is 0 Å². The first-order valence-corrected chi connectivity index (χ1v) is 6.82. The summed E-state index contributed by atoms with van der Waals surface area (Å²) < 4.78 is 0. The van der Waals surface area contributed by atoms with Crippen LogP contribution in [0.3, 0.4) is 0 Å². The highest BCUT2D eigenvalue weighted by Crippen LogP contribution is 2.17. The number of carbonyl (C=O) groups excluding carboxylic acids is 2. The van der Waals surface area contributed by atoms with Gasteiger partial charge in [-0.3, -0.25) is 9.59 Å². The number of amides is 2. The van der Waals surface area contributed by atoms with Crippen molar-refractivity contribution in [1.82, 2.24) is 10.6 Å². The van der Waals surface area contributed by atoms with Crippen molar-refractivity contribution in [3.63, 3.8) is 0 Å². The van der Waals surface area contributed by atoms with Gasteiger partial charge in [0.1, 0.15) is 0 Å². The molecule has 4 nitrogen and oxygen atoms in total. The molecule has 1 aliphatic carbocycles. The molecule has 0 aromatic carbocycles. The van der Waals surface area contributed by atoms with Gasteiger partial charge in [-0.25, -0.2) is 0 Å². The molecular weight excluding hydrogens is 228 g/mol. The van der Waals surface area contributed by atoms with Crippen LogP contribution in [0.1, 0.15) is 51.9 Å². The number of carbonyl (C=O) groups is 2. The van der Waals surface area contributed by atoms with Gasteiger partial charge in [0.2, 0.25) is 11.8 Å². The summed E-state index contributed by atoms with van der Waals surface area (Å²) in [4.78, 5) is 22.8. The van der Waals surface area contributed by atoms with E-state index in [9.17, 15) is 9.59 Å². The van der Waals surface area contributed by atoms with Crippen LogP contribution in [0.4, 0.5) is 0 Å². The van der Waals surface area contributed by atoms with Gasteiger partial charge in [-0.15, -0.1) is 0 Å². The van der Waals surface area contributed by atoms with Crippen molar-refractivity contribution >= 4 is 11.8 Å². The first-order valence-electron chi connectivity index (χ1n) is 6.82. The minimum atomic E-state index is -0.136. The SMILES string of the molecule is C=C(C)C(=O)NCCCC(=O)NC1CCCCC1. The molecule has 0 bridgehead atoms. The van der Waals surface area contributed by atoms with Gasteiger partial charge >= 0.3 is 0 Å². The lowest BCUT2D eigenvalue weighted by Crippen LogP contribution is -2.36. The summed E-state index contributed by atoms with van der Waals surface area (Å²) in [7, 11) is 0. The largest absolute Gasteiger partial charge is 0.353 e. The Labute approximate surface area is 109 Å². The van der Waals surface area contributed by atoms with Gasteiger partial charge in [-0.1, -0.05) is 25.8 Å². The minimum absolute atomic E-state index is 0.103. The molecule has 1 rings (SSSR count). The van der Waals surface area contributed by atoms with E-state index in [4.69, 9.17) is 0 Å². The van der Waals surface area contributed by atoms with E-state index in [1.165, 1.54) is 19.3 Å².